The second-order valence-electron chi connectivity index (χ2n) is 4.86. The van der Waals surface area contributed by atoms with Crippen molar-refractivity contribution in [1.82, 2.24) is 0 Å². The Labute approximate surface area is 112 Å². The van der Waals surface area contributed by atoms with Gasteiger partial charge in [0.1, 0.15) is 5.76 Å². The lowest BCUT2D eigenvalue weighted by Crippen LogP contribution is -2.20. The molecule has 1 unspecified atom stereocenters. The van der Waals surface area contributed by atoms with Gasteiger partial charge < -0.3 is 9.47 Å². The van der Waals surface area contributed by atoms with Crippen LogP contribution in [0.15, 0.2) is 11.3 Å². The maximum absolute atomic E-state index is 12.0. The summed E-state index contributed by atoms with van der Waals surface area (Å²) in [5, 5.41) is 0. The fourth-order valence-electron chi connectivity index (χ4n) is 2.17. The molecule has 0 radical (unpaired) electrons. The van der Waals surface area contributed by atoms with Crippen LogP contribution in [0.4, 0.5) is 0 Å². The molecule has 5 nitrogen and oxygen atoms in total. The van der Waals surface area contributed by atoms with E-state index in [9.17, 15) is 14.4 Å². The van der Waals surface area contributed by atoms with Crippen LogP contribution >= 0.6 is 0 Å². The van der Waals surface area contributed by atoms with Crippen molar-refractivity contribution in [3.8, 4) is 0 Å². The molecule has 0 aliphatic heterocycles. The van der Waals surface area contributed by atoms with E-state index in [1.807, 2.05) is 6.92 Å². The van der Waals surface area contributed by atoms with Gasteiger partial charge in [0.05, 0.1) is 7.11 Å². The molecule has 1 atom stereocenters. The van der Waals surface area contributed by atoms with E-state index >= 15 is 0 Å². The number of hydrogen-bond donors (Lipinski definition) is 0. The smallest absolute Gasteiger partial charge is 0.307 e. The Morgan fingerprint density at radius 2 is 2.00 bits per heavy atom. The molecule has 106 valence electrons. The third-order valence-electron chi connectivity index (χ3n) is 3.04. The molecule has 0 saturated carbocycles. The van der Waals surface area contributed by atoms with Gasteiger partial charge in [0.25, 0.3) is 0 Å². The summed E-state index contributed by atoms with van der Waals surface area (Å²) in [5.41, 5.74) is 0.553. The van der Waals surface area contributed by atoms with Crippen LogP contribution in [0, 0.1) is 5.92 Å². The molecule has 5 heteroatoms. The minimum Gasteiger partial charge on any atom is -0.469 e. The van der Waals surface area contributed by atoms with Crippen molar-refractivity contribution in [2.24, 2.45) is 5.92 Å². The number of esters is 2. The van der Waals surface area contributed by atoms with Gasteiger partial charge in [0.15, 0.2) is 5.78 Å². The highest BCUT2D eigenvalue weighted by atomic mass is 16.5. The molecule has 0 N–H and O–H groups in total. The zero-order valence-electron chi connectivity index (χ0n) is 11.7. The zero-order valence-corrected chi connectivity index (χ0v) is 11.7. The maximum atomic E-state index is 12.0. The predicted octanol–water partition coefficient (Wildman–Crippen LogP) is 2.15. The first-order valence-electron chi connectivity index (χ1n) is 6.44. The number of ketones is 1. The molecule has 0 aromatic rings. The topological polar surface area (TPSA) is 69.7 Å². The van der Waals surface area contributed by atoms with E-state index < -0.39 is 5.97 Å². The molecule has 0 fully saturated rings. The summed E-state index contributed by atoms with van der Waals surface area (Å²) in [4.78, 5) is 34.1. The highest BCUT2D eigenvalue weighted by molar-refractivity contribution is 5.97. The molecule has 0 saturated heterocycles. The van der Waals surface area contributed by atoms with Crippen molar-refractivity contribution < 1.29 is 23.9 Å². The zero-order chi connectivity index (χ0) is 14.4. The van der Waals surface area contributed by atoms with E-state index in [2.05, 4.69) is 4.74 Å². The molecule has 0 heterocycles. The number of methoxy groups -OCH3 is 1. The molecule has 0 bridgehead atoms. The van der Waals surface area contributed by atoms with Crippen molar-refractivity contribution >= 4 is 17.7 Å². The van der Waals surface area contributed by atoms with Gasteiger partial charge in [0.2, 0.25) is 0 Å². The van der Waals surface area contributed by atoms with Crippen molar-refractivity contribution in [2.75, 3.05) is 7.11 Å². The molecule has 1 aliphatic carbocycles. The van der Waals surface area contributed by atoms with Gasteiger partial charge in [-0.2, -0.15) is 0 Å². The summed E-state index contributed by atoms with van der Waals surface area (Å²) in [7, 11) is 1.33. The third-order valence-corrected chi connectivity index (χ3v) is 3.04. The minimum absolute atomic E-state index is 0.0138. The lowest BCUT2D eigenvalue weighted by atomic mass is 9.86. The average Bonchev–Trinajstić information content (AvgIpc) is 2.31. The molecule has 0 aromatic carbocycles. The number of ether oxygens (including phenoxy) is 2. The second-order valence-corrected chi connectivity index (χ2v) is 4.86. The Morgan fingerprint density at radius 1 is 1.32 bits per heavy atom. The maximum Gasteiger partial charge on any atom is 0.307 e. The summed E-state index contributed by atoms with van der Waals surface area (Å²) in [5.74, 6) is -0.0409. The van der Waals surface area contributed by atoms with Crippen molar-refractivity contribution in [2.45, 2.75) is 46.0 Å². The van der Waals surface area contributed by atoms with E-state index in [0.29, 0.717) is 37.0 Å². The summed E-state index contributed by atoms with van der Waals surface area (Å²) in [6.07, 6.45) is 2.30. The van der Waals surface area contributed by atoms with Gasteiger partial charge in [-0.3, -0.25) is 14.4 Å². The van der Waals surface area contributed by atoms with Crippen molar-refractivity contribution in [3.63, 3.8) is 0 Å². The van der Waals surface area contributed by atoms with Crippen molar-refractivity contribution in [3.05, 3.63) is 11.3 Å². The Morgan fingerprint density at radius 3 is 2.58 bits per heavy atom. The highest BCUT2D eigenvalue weighted by Crippen LogP contribution is 2.30. The predicted molar refractivity (Wildman–Crippen MR) is 68.1 cm³/mol. The van der Waals surface area contributed by atoms with E-state index in [1.165, 1.54) is 14.0 Å². The van der Waals surface area contributed by atoms with E-state index in [4.69, 9.17) is 4.74 Å². The summed E-state index contributed by atoms with van der Waals surface area (Å²) in [6.45, 7) is 3.27. The number of allylic oxidation sites excluding steroid dienone is 2. The lowest BCUT2D eigenvalue weighted by molar-refractivity contribution is -0.141. The first-order valence-corrected chi connectivity index (χ1v) is 6.44. The summed E-state index contributed by atoms with van der Waals surface area (Å²) < 4.78 is 9.68. The van der Waals surface area contributed by atoms with Crippen LogP contribution in [0.3, 0.4) is 0 Å². The van der Waals surface area contributed by atoms with Crippen LogP contribution in [0.5, 0.6) is 0 Å². The number of carbonyl (C=O) groups is 3. The van der Waals surface area contributed by atoms with Crippen LogP contribution in [0.2, 0.25) is 0 Å². The van der Waals surface area contributed by atoms with Gasteiger partial charge in [0, 0.05) is 31.8 Å². The third kappa shape index (κ3) is 4.85. The number of hydrogen-bond acceptors (Lipinski definition) is 5. The Kier molecular flexibility index (Phi) is 5.73. The molecule has 19 heavy (non-hydrogen) atoms. The Bertz CT molecular complexity index is 408. The molecular weight excluding hydrogens is 248 g/mol. The quantitative estimate of drug-likeness (QED) is 0.714. The molecule has 1 rings (SSSR count). The number of carbonyl (C=O) groups excluding carboxylic acids is 3. The fraction of sp³-hybridized carbons (Fsp3) is 0.643. The van der Waals surface area contributed by atoms with Crippen LogP contribution in [-0.2, 0) is 23.9 Å². The van der Waals surface area contributed by atoms with Gasteiger partial charge in [-0.1, -0.05) is 6.92 Å². The fourth-order valence-corrected chi connectivity index (χ4v) is 2.17. The minimum atomic E-state index is -0.414. The van der Waals surface area contributed by atoms with Crippen LogP contribution in [0.1, 0.15) is 46.0 Å². The largest absolute Gasteiger partial charge is 0.469 e. The van der Waals surface area contributed by atoms with E-state index in [1.54, 1.807) is 0 Å². The van der Waals surface area contributed by atoms with Gasteiger partial charge in [-0.05, 0) is 18.8 Å². The average molecular weight is 268 g/mol. The van der Waals surface area contributed by atoms with Gasteiger partial charge in [-0.15, -0.1) is 0 Å². The monoisotopic (exact) mass is 268 g/mol. The van der Waals surface area contributed by atoms with E-state index in [-0.39, 0.29) is 24.1 Å². The highest BCUT2D eigenvalue weighted by Gasteiger charge is 2.27. The Balaban J connectivity index is 2.73. The van der Waals surface area contributed by atoms with Crippen LogP contribution in [-0.4, -0.2) is 24.8 Å². The molecule has 1 aliphatic rings. The van der Waals surface area contributed by atoms with E-state index in [0.717, 1.165) is 0 Å². The second kappa shape index (κ2) is 7.07. The molecule has 0 aromatic heterocycles. The lowest BCUT2D eigenvalue weighted by Gasteiger charge is -2.22. The number of Topliss-reactive ketones (excluding diaryl/α,β-unsaturated/α-hetero) is 1. The Hall–Kier alpha value is -1.65. The van der Waals surface area contributed by atoms with Crippen molar-refractivity contribution in [1.29, 1.82) is 0 Å². The first kappa shape index (κ1) is 15.4. The standard InChI is InChI=1S/C14H20O5/c1-9-7-12(16)11(5-4-6-14(17)18-3)13(8-9)19-10(2)15/h9H,4-8H2,1-3H3. The number of rotatable bonds is 5. The van der Waals surface area contributed by atoms with Crippen LogP contribution < -0.4 is 0 Å². The summed E-state index contributed by atoms with van der Waals surface area (Å²) >= 11 is 0. The SMILES string of the molecule is COC(=O)CCCC1=C(OC(C)=O)CC(C)CC1=O. The first-order chi connectivity index (χ1) is 8.93. The molecular formula is C14H20O5. The molecule has 0 spiro atoms. The molecule has 0 amide bonds. The van der Waals surface area contributed by atoms with Gasteiger partial charge >= 0.3 is 11.9 Å². The normalized spacial score (nSPS) is 19.3. The van der Waals surface area contributed by atoms with Crippen LogP contribution in [0.25, 0.3) is 0 Å². The van der Waals surface area contributed by atoms with Gasteiger partial charge in [-0.25, -0.2) is 0 Å². The summed E-state index contributed by atoms with van der Waals surface area (Å²) in [6, 6.07) is 0.